The average Bonchev–Trinajstić information content (AvgIpc) is 1.86. The second-order valence-corrected chi connectivity index (χ2v) is 2.91. The lowest BCUT2D eigenvalue weighted by Gasteiger charge is -2.04. The molecule has 0 bridgehead atoms. The molecule has 0 N–H and O–H groups in total. The Hall–Kier alpha value is -0.790. The van der Waals surface area contributed by atoms with E-state index in [4.69, 9.17) is 4.74 Å². The molecule has 11 heavy (non-hydrogen) atoms. The molecule has 0 atom stereocenters. The monoisotopic (exact) mass is 156 g/mol. The highest BCUT2D eigenvalue weighted by Gasteiger charge is 1.95. The fourth-order valence-electron chi connectivity index (χ4n) is 0.526. The van der Waals surface area contributed by atoms with Gasteiger partial charge >= 0.3 is 5.97 Å². The van der Waals surface area contributed by atoms with E-state index in [0.29, 0.717) is 12.5 Å². The zero-order valence-corrected chi connectivity index (χ0v) is 7.68. The van der Waals surface area contributed by atoms with Crippen LogP contribution in [0.2, 0.25) is 0 Å². The van der Waals surface area contributed by atoms with E-state index in [-0.39, 0.29) is 5.97 Å². The average molecular weight is 156 g/mol. The lowest BCUT2D eigenvalue weighted by Crippen LogP contribution is -1.99. The Bertz CT molecular complexity index is 157. The van der Waals surface area contributed by atoms with Crippen molar-refractivity contribution in [3.8, 4) is 0 Å². The van der Waals surface area contributed by atoms with Crippen molar-refractivity contribution in [3.63, 3.8) is 0 Å². The van der Waals surface area contributed by atoms with E-state index < -0.39 is 0 Å². The number of allylic oxidation sites excluding steroid dienone is 1. The van der Waals surface area contributed by atoms with Crippen LogP contribution >= 0.6 is 0 Å². The molecular formula is C9H16O2. The van der Waals surface area contributed by atoms with Crippen molar-refractivity contribution in [1.29, 1.82) is 0 Å². The van der Waals surface area contributed by atoms with Crippen LogP contribution < -0.4 is 0 Å². The van der Waals surface area contributed by atoms with Gasteiger partial charge in [-0.1, -0.05) is 19.4 Å². The first-order chi connectivity index (χ1) is 5.04. The van der Waals surface area contributed by atoms with Crippen molar-refractivity contribution in [3.05, 3.63) is 11.6 Å². The van der Waals surface area contributed by atoms with Crippen LogP contribution in [-0.2, 0) is 9.53 Å². The molecule has 0 rings (SSSR count). The summed E-state index contributed by atoms with van der Waals surface area (Å²) in [6, 6.07) is 0. The number of hydrogen-bond donors (Lipinski definition) is 0. The van der Waals surface area contributed by atoms with E-state index in [0.717, 1.165) is 0 Å². The van der Waals surface area contributed by atoms with Crippen LogP contribution in [0.25, 0.3) is 0 Å². The van der Waals surface area contributed by atoms with Gasteiger partial charge in [-0.2, -0.15) is 0 Å². The van der Waals surface area contributed by atoms with Crippen LogP contribution in [-0.4, -0.2) is 12.6 Å². The quantitative estimate of drug-likeness (QED) is 0.462. The molecule has 0 saturated heterocycles. The highest BCUT2D eigenvalue weighted by Crippen LogP contribution is 2.06. The van der Waals surface area contributed by atoms with E-state index in [1.165, 1.54) is 12.5 Å². The molecular weight excluding hydrogens is 140 g/mol. The number of hydrogen-bond acceptors (Lipinski definition) is 2. The molecule has 0 heterocycles. The van der Waals surface area contributed by atoms with Crippen molar-refractivity contribution in [2.45, 2.75) is 27.7 Å². The van der Waals surface area contributed by atoms with Gasteiger partial charge in [-0.3, -0.25) is 4.79 Å². The molecule has 0 aromatic heterocycles. The van der Waals surface area contributed by atoms with Crippen molar-refractivity contribution in [1.82, 2.24) is 0 Å². The van der Waals surface area contributed by atoms with E-state index in [9.17, 15) is 4.79 Å². The summed E-state index contributed by atoms with van der Waals surface area (Å²) in [4.78, 5) is 10.3. The minimum Gasteiger partial charge on any atom is -0.462 e. The summed E-state index contributed by atoms with van der Waals surface area (Å²) in [7, 11) is 0. The molecule has 0 aliphatic heterocycles. The van der Waals surface area contributed by atoms with Crippen LogP contribution in [0.15, 0.2) is 11.6 Å². The van der Waals surface area contributed by atoms with E-state index in [1.54, 1.807) is 0 Å². The van der Waals surface area contributed by atoms with Crippen LogP contribution in [0.1, 0.15) is 27.7 Å². The Balaban J connectivity index is 3.65. The van der Waals surface area contributed by atoms with E-state index in [2.05, 4.69) is 13.8 Å². The lowest BCUT2D eigenvalue weighted by atomic mass is 10.1. The van der Waals surface area contributed by atoms with Crippen molar-refractivity contribution in [2.75, 3.05) is 6.61 Å². The molecule has 0 aromatic carbocycles. The largest absolute Gasteiger partial charge is 0.462 e. The maximum Gasteiger partial charge on any atom is 0.302 e. The number of carbonyl (C=O) groups excluding carboxylic acids is 1. The first-order valence-electron chi connectivity index (χ1n) is 3.84. The SMILES string of the molecule is CC(=O)OC/C=C(\C)C(C)C. The third-order valence-corrected chi connectivity index (χ3v) is 1.60. The molecule has 64 valence electrons. The van der Waals surface area contributed by atoms with Crippen LogP contribution in [0.3, 0.4) is 0 Å². The molecule has 0 aliphatic carbocycles. The first-order valence-corrected chi connectivity index (χ1v) is 3.84. The fraction of sp³-hybridized carbons (Fsp3) is 0.667. The number of carbonyl (C=O) groups is 1. The Morgan fingerprint density at radius 2 is 2.00 bits per heavy atom. The van der Waals surface area contributed by atoms with Gasteiger partial charge in [0.15, 0.2) is 0 Å². The smallest absolute Gasteiger partial charge is 0.302 e. The Kier molecular flexibility index (Phi) is 4.59. The third-order valence-electron chi connectivity index (χ3n) is 1.60. The van der Waals surface area contributed by atoms with E-state index >= 15 is 0 Å². The molecule has 0 unspecified atom stereocenters. The normalized spacial score (nSPS) is 11.9. The summed E-state index contributed by atoms with van der Waals surface area (Å²) in [6.07, 6.45) is 1.94. The zero-order chi connectivity index (χ0) is 8.85. The predicted octanol–water partition coefficient (Wildman–Crippen LogP) is 2.15. The number of rotatable bonds is 3. The number of esters is 1. The molecule has 2 nitrogen and oxygen atoms in total. The second kappa shape index (κ2) is 4.94. The Morgan fingerprint density at radius 3 is 2.36 bits per heavy atom. The summed E-state index contributed by atoms with van der Waals surface area (Å²) in [5.74, 6) is 0.309. The predicted molar refractivity (Wildman–Crippen MR) is 45.2 cm³/mol. The van der Waals surface area contributed by atoms with Gasteiger partial charge in [0.25, 0.3) is 0 Å². The molecule has 0 radical (unpaired) electrons. The van der Waals surface area contributed by atoms with Crippen molar-refractivity contribution >= 4 is 5.97 Å². The highest BCUT2D eigenvalue weighted by atomic mass is 16.5. The topological polar surface area (TPSA) is 26.3 Å². The summed E-state index contributed by atoms with van der Waals surface area (Å²) in [6.45, 7) is 8.07. The van der Waals surface area contributed by atoms with Crippen LogP contribution in [0.4, 0.5) is 0 Å². The van der Waals surface area contributed by atoms with Gasteiger partial charge in [-0.15, -0.1) is 0 Å². The summed E-state index contributed by atoms with van der Waals surface area (Å²) < 4.78 is 4.75. The molecule has 0 amide bonds. The van der Waals surface area contributed by atoms with Gasteiger partial charge in [0.2, 0.25) is 0 Å². The highest BCUT2D eigenvalue weighted by molar-refractivity contribution is 5.66. The van der Waals surface area contributed by atoms with Crippen LogP contribution in [0, 0.1) is 5.92 Å². The minimum atomic E-state index is -0.224. The molecule has 2 heteroatoms. The lowest BCUT2D eigenvalue weighted by molar-refractivity contribution is -0.139. The zero-order valence-electron chi connectivity index (χ0n) is 7.68. The fourth-order valence-corrected chi connectivity index (χ4v) is 0.526. The molecule has 0 aliphatic rings. The second-order valence-electron chi connectivity index (χ2n) is 2.91. The Labute approximate surface area is 68.2 Å². The van der Waals surface area contributed by atoms with Crippen molar-refractivity contribution < 1.29 is 9.53 Å². The number of ether oxygens (including phenoxy) is 1. The molecule has 0 spiro atoms. The maximum absolute atomic E-state index is 10.3. The third kappa shape index (κ3) is 5.64. The standard InChI is InChI=1S/C9H16O2/c1-7(2)8(3)5-6-11-9(4)10/h5,7H,6H2,1-4H3/b8-5+. The van der Waals surface area contributed by atoms with Gasteiger partial charge in [-0.05, 0) is 18.9 Å². The molecule has 0 aromatic rings. The summed E-state index contributed by atoms with van der Waals surface area (Å²) in [5.41, 5.74) is 1.26. The maximum atomic E-state index is 10.3. The van der Waals surface area contributed by atoms with Crippen LogP contribution in [0.5, 0.6) is 0 Å². The van der Waals surface area contributed by atoms with Gasteiger partial charge in [0.05, 0.1) is 0 Å². The first kappa shape index (κ1) is 10.2. The summed E-state index contributed by atoms with van der Waals surface area (Å²) >= 11 is 0. The van der Waals surface area contributed by atoms with Gasteiger partial charge in [-0.25, -0.2) is 0 Å². The van der Waals surface area contributed by atoms with Gasteiger partial charge < -0.3 is 4.74 Å². The van der Waals surface area contributed by atoms with Gasteiger partial charge in [0.1, 0.15) is 6.61 Å². The minimum absolute atomic E-state index is 0.224. The summed E-state index contributed by atoms with van der Waals surface area (Å²) in [5, 5.41) is 0. The van der Waals surface area contributed by atoms with Crippen molar-refractivity contribution in [2.24, 2.45) is 5.92 Å². The Morgan fingerprint density at radius 1 is 1.45 bits per heavy atom. The van der Waals surface area contributed by atoms with E-state index in [1.807, 2.05) is 13.0 Å². The molecule has 0 fully saturated rings. The molecule has 0 saturated carbocycles. The van der Waals surface area contributed by atoms with Gasteiger partial charge in [0, 0.05) is 6.92 Å².